The second-order valence-electron chi connectivity index (χ2n) is 10.7. The first-order valence-corrected chi connectivity index (χ1v) is 14.8. The molecule has 2 aromatic carbocycles. The van der Waals surface area contributed by atoms with Crippen LogP contribution in [-0.4, -0.2) is 51.6 Å². The van der Waals surface area contributed by atoms with Gasteiger partial charge in [-0.2, -0.15) is 0 Å². The lowest BCUT2D eigenvalue weighted by molar-refractivity contribution is 0.240. The summed E-state index contributed by atoms with van der Waals surface area (Å²) in [5.74, 6) is 0. The molecule has 0 aromatic heterocycles. The van der Waals surface area contributed by atoms with Crippen molar-refractivity contribution in [2.24, 2.45) is 0 Å². The van der Waals surface area contributed by atoms with E-state index in [0.29, 0.717) is 41.0 Å². The van der Waals surface area contributed by atoms with Gasteiger partial charge in [-0.25, -0.2) is 0 Å². The van der Waals surface area contributed by atoms with Gasteiger partial charge in [-0.1, -0.05) is 113 Å². The molecule has 0 atom stereocenters. The number of hydrogen-bond donors (Lipinski definition) is 2. The van der Waals surface area contributed by atoms with Crippen LogP contribution in [0.1, 0.15) is 102 Å². The van der Waals surface area contributed by atoms with E-state index in [9.17, 15) is 0 Å². The third kappa shape index (κ3) is 8.20. The molecule has 2 aromatic rings. The normalized spacial score (nSPS) is 13.4. The molecule has 0 bridgehead atoms. The second-order valence-corrected chi connectivity index (χ2v) is 10.7. The van der Waals surface area contributed by atoms with Crippen LogP contribution in [0, 0.1) is 0 Å². The van der Waals surface area contributed by atoms with E-state index in [4.69, 9.17) is 19.5 Å². The fourth-order valence-electron chi connectivity index (χ4n) is 5.85. The molecule has 0 radical (unpaired) electrons. The molecule has 6 heteroatoms. The smallest absolute Gasteiger partial charge is 0.308 e. The second kappa shape index (κ2) is 16.4. The predicted molar refractivity (Wildman–Crippen MR) is 159 cm³/mol. The van der Waals surface area contributed by atoms with Gasteiger partial charge in [0.1, 0.15) is 0 Å². The number of rotatable bonds is 20. The molecule has 0 saturated carbocycles. The van der Waals surface area contributed by atoms with Gasteiger partial charge in [0, 0.05) is 31.8 Å². The van der Waals surface area contributed by atoms with Gasteiger partial charge in [-0.05, 0) is 47.9 Å². The van der Waals surface area contributed by atoms with Gasteiger partial charge in [-0.15, -0.1) is 0 Å². The third-order valence-electron chi connectivity index (χ3n) is 7.83. The standard InChI is InChI=1S/C31H48B2O4/c1-3-5-7-9-17-31(18-10-8-6-4-2)29-23-25(32-36-21-11-19-34)13-15-27(29)28-16-14-26(24-30(28)31)33-37-22-12-20-35/h13-16,23-24,32-35H,3-12,17-22H2,1-2H3. The van der Waals surface area contributed by atoms with Gasteiger partial charge in [-0.3, -0.25) is 0 Å². The van der Waals surface area contributed by atoms with Crippen LogP contribution in [0.3, 0.4) is 0 Å². The van der Waals surface area contributed by atoms with Gasteiger partial charge < -0.3 is 19.5 Å². The topological polar surface area (TPSA) is 58.9 Å². The highest BCUT2D eigenvalue weighted by molar-refractivity contribution is 6.47. The molecule has 2 N–H and O–H groups in total. The van der Waals surface area contributed by atoms with Crippen LogP contribution >= 0.6 is 0 Å². The molecule has 4 nitrogen and oxygen atoms in total. The highest BCUT2D eigenvalue weighted by atomic mass is 16.4. The minimum atomic E-state index is 0.0361. The fourth-order valence-corrected chi connectivity index (χ4v) is 5.85. The number of hydrogen-bond acceptors (Lipinski definition) is 4. The Morgan fingerprint density at radius 3 is 1.49 bits per heavy atom. The number of aliphatic hydroxyl groups excluding tert-OH is 2. The summed E-state index contributed by atoms with van der Waals surface area (Å²) >= 11 is 0. The molecule has 202 valence electrons. The molecule has 0 saturated heterocycles. The van der Waals surface area contributed by atoms with E-state index in [1.807, 2.05) is 0 Å². The zero-order valence-electron chi connectivity index (χ0n) is 23.4. The van der Waals surface area contributed by atoms with Crippen LogP contribution < -0.4 is 10.9 Å². The summed E-state index contributed by atoms with van der Waals surface area (Å²) in [6, 6.07) is 13.9. The Morgan fingerprint density at radius 2 is 1.08 bits per heavy atom. The molecule has 0 aliphatic heterocycles. The summed E-state index contributed by atoms with van der Waals surface area (Å²) < 4.78 is 11.8. The van der Waals surface area contributed by atoms with E-state index < -0.39 is 0 Å². The number of aliphatic hydroxyl groups is 2. The maximum atomic E-state index is 9.10. The molecule has 0 spiro atoms. The van der Waals surface area contributed by atoms with Crippen molar-refractivity contribution in [3.05, 3.63) is 47.5 Å². The van der Waals surface area contributed by atoms with Crippen molar-refractivity contribution in [1.29, 1.82) is 0 Å². The Balaban J connectivity index is 1.97. The quantitative estimate of drug-likeness (QED) is 0.203. The molecule has 3 rings (SSSR count). The SMILES string of the molecule is CCCCCCC1(CCCCCC)c2cc(BOCCCO)ccc2-c2ccc(BOCCCO)cc21. The fraction of sp³-hybridized carbons (Fsp3) is 0.613. The minimum Gasteiger partial charge on any atom is -0.434 e. The van der Waals surface area contributed by atoms with Crippen LogP contribution in [0.2, 0.25) is 0 Å². The van der Waals surface area contributed by atoms with Crippen molar-refractivity contribution in [2.45, 2.75) is 96.3 Å². The maximum absolute atomic E-state index is 9.10. The Hall–Kier alpha value is -1.59. The highest BCUT2D eigenvalue weighted by Gasteiger charge is 2.42. The number of benzene rings is 2. The van der Waals surface area contributed by atoms with Gasteiger partial charge in [0.25, 0.3) is 0 Å². The monoisotopic (exact) mass is 506 g/mol. The molecular formula is C31H48B2O4. The summed E-state index contributed by atoms with van der Waals surface area (Å²) in [6.45, 7) is 6.09. The lowest BCUT2D eigenvalue weighted by Gasteiger charge is -2.33. The molecule has 0 unspecified atom stereocenters. The van der Waals surface area contributed by atoms with E-state index in [-0.39, 0.29) is 18.6 Å². The first-order chi connectivity index (χ1) is 18.2. The van der Waals surface area contributed by atoms with Crippen molar-refractivity contribution >= 4 is 25.9 Å². The first kappa shape index (κ1) is 30.0. The third-order valence-corrected chi connectivity index (χ3v) is 7.83. The van der Waals surface area contributed by atoms with Gasteiger partial charge >= 0.3 is 15.0 Å². The maximum Gasteiger partial charge on any atom is 0.308 e. The van der Waals surface area contributed by atoms with Crippen LogP contribution in [0.15, 0.2) is 36.4 Å². The average Bonchev–Trinajstić information content (AvgIpc) is 3.18. The van der Waals surface area contributed by atoms with E-state index in [1.165, 1.54) is 97.4 Å². The predicted octanol–water partition coefficient (Wildman–Crippen LogP) is 4.65. The summed E-state index contributed by atoms with van der Waals surface area (Å²) in [5, 5.41) is 18.2. The van der Waals surface area contributed by atoms with Crippen LogP contribution in [0.25, 0.3) is 11.1 Å². The lowest BCUT2D eigenvalue weighted by atomic mass is 9.68. The van der Waals surface area contributed by atoms with Gasteiger partial charge in [0.05, 0.1) is 0 Å². The summed E-state index contributed by atoms with van der Waals surface area (Å²) in [7, 11) is 1.19. The Bertz CT molecular complexity index is 858. The Labute approximate surface area is 226 Å². The summed E-state index contributed by atoms with van der Waals surface area (Å²) in [4.78, 5) is 0. The van der Waals surface area contributed by atoms with Crippen molar-refractivity contribution in [2.75, 3.05) is 26.4 Å². The van der Waals surface area contributed by atoms with Gasteiger partial charge in [0.2, 0.25) is 0 Å². The zero-order chi connectivity index (χ0) is 26.3. The summed E-state index contributed by atoms with van der Waals surface area (Å²) in [5.41, 5.74) is 8.22. The van der Waals surface area contributed by atoms with Crippen LogP contribution in [0.4, 0.5) is 0 Å². The highest BCUT2D eigenvalue weighted by Crippen LogP contribution is 2.53. The van der Waals surface area contributed by atoms with Crippen molar-refractivity contribution < 1.29 is 19.5 Å². The largest absolute Gasteiger partial charge is 0.434 e. The molecule has 0 fully saturated rings. The number of unbranched alkanes of at least 4 members (excludes halogenated alkanes) is 6. The van der Waals surface area contributed by atoms with E-state index in [0.717, 1.165) is 0 Å². The van der Waals surface area contributed by atoms with E-state index in [2.05, 4.69) is 50.2 Å². The van der Waals surface area contributed by atoms with Crippen molar-refractivity contribution in [3.8, 4) is 11.1 Å². The number of fused-ring (bicyclic) bond motifs is 3. The Kier molecular flexibility index (Phi) is 13.3. The first-order valence-electron chi connectivity index (χ1n) is 14.8. The minimum absolute atomic E-state index is 0.0361. The molecule has 37 heavy (non-hydrogen) atoms. The van der Waals surface area contributed by atoms with E-state index >= 15 is 0 Å². The molecule has 0 heterocycles. The van der Waals surface area contributed by atoms with Crippen LogP contribution in [0.5, 0.6) is 0 Å². The summed E-state index contributed by atoms with van der Waals surface area (Å²) in [6.07, 6.45) is 13.9. The van der Waals surface area contributed by atoms with Crippen molar-refractivity contribution in [1.82, 2.24) is 0 Å². The average molecular weight is 506 g/mol. The molecule has 1 aliphatic rings. The molecule has 0 amide bonds. The zero-order valence-corrected chi connectivity index (χ0v) is 23.4. The van der Waals surface area contributed by atoms with Gasteiger partial charge in [0.15, 0.2) is 0 Å². The lowest BCUT2D eigenvalue weighted by Crippen LogP contribution is -2.29. The van der Waals surface area contributed by atoms with E-state index in [1.54, 1.807) is 0 Å². The van der Waals surface area contributed by atoms with Crippen LogP contribution in [-0.2, 0) is 14.7 Å². The molecule has 1 aliphatic carbocycles. The van der Waals surface area contributed by atoms with Crippen molar-refractivity contribution in [3.63, 3.8) is 0 Å². The Morgan fingerprint density at radius 1 is 0.622 bits per heavy atom. The molecular weight excluding hydrogens is 458 g/mol.